The Hall–Kier alpha value is -2.86. The lowest BCUT2D eigenvalue weighted by Crippen LogP contribution is -2.40. The summed E-state index contributed by atoms with van der Waals surface area (Å²) in [5, 5.41) is 14.0. The molecule has 41 heavy (non-hydrogen) atoms. The summed E-state index contributed by atoms with van der Waals surface area (Å²) >= 11 is 1.09. The Balaban J connectivity index is 1.83. The zero-order chi connectivity index (χ0) is 30.2. The van der Waals surface area contributed by atoms with Gasteiger partial charge in [-0.1, -0.05) is 43.7 Å². The van der Waals surface area contributed by atoms with Crippen molar-refractivity contribution in [3.05, 3.63) is 47.1 Å². The lowest BCUT2D eigenvalue weighted by atomic mass is 9.94. The van der Waals surface area contributed by atoms with Gasteiger partial charge in [-0.2, -0.15) is 0 Å². The third kappa shape index (κ3) is 7.32. The van der Waals surface area contributed by atoms with E-state index in [0.717, 1.165) is 30.6 Å². The molecule has 0 atom stereocenters. The number of hydrogen-bond donors (Lipinski definition) is 3. The van der Waals surface area contributed by atoms with Crippen molar-refractivity contribution in [1.29, 1.82) is 0 Å². The van der Waals surface area contributed by atoms with Gasteiger partial charge in [0.2, 0.25) is 10.0 Å². The van der Waals surface area contributed by atoms with Gasteiger partial charge in [0.1, 0.15) is 5.69 Å². The average molecular weight is 601 g/mol. The van der Waals surface area contributed by atoms with E-state index in [1.165, 1.54) is 0 Å². The minimum atomic E-state index is -3.85. The third-order valence-electron chi connectivity index (χ3n) is 7.04. The van der Waals surface area contributed by atoms with Crippen molar-refractivity contribution in [1.82, 2.24) is 19.9 Å². The molecule has 1 aliphatic heterocycles. The van der Waals surface area contributed by atoms with Crippen LogP contribution in [-0.2, 0) is 10.0 Å². The van der Waals surface area contributed by atoms with Crippen molar-refractivity contribution in [3.63, 3.8) is 0 Å². The van der Waals surface area contributed by atoms with E-state index in [-0.39, 0.29) is 28.0 Å². The smallest absolute Gasteiger partial charge is 0.280 e. The second kappa shape index (κ2) is 11.8. The van der Waals surface area contributed by atoms with Crippen molar-refractivity contribution in [2.45, 2.75) is 76.8 Å². The zero-order valence-electron chi connectivity index (χ0n) is 24.6. The minimum absolute atomic E-state index is 0.0187. The number of carbonyl (C=O) groups excluding carboxylic acids is 2. The predicted molar refractivity (Wildman–Crippen MR) is 163 cm³/mol. The first-order chi connectivity index (χ1) is 19.1. The van der Waals surface area contributed by atoms with Crippen LogP contribution in [0.15, 0.2) is 41.3 Å². The lowest BCUT2D eigenvalue weighted by Gasteiger charge is -2.31. The van der Waals surface area contributed by atoms with Gasteiger partial charge in [-0.05, 0) is 64.8 Å². The molecule has 1 saturated heterocycles. The van der Waals surface area contributed by atoms with Gasteiger partial charge in [0.15, 0.2) is 5.01 Å². The number of thiazole rings is 1. The van der Waals surface area contributed by atoms with Crippen LogP contribution < -0.4 is 10.0 Å². The first-order valence-corrected chi connectivity index (χ1v) is 16.3. The molecular formula is C30H40N4O5S2. The molecule has 9 nitrogen and oxygen atoms in total. The van der Waals surface area contributed by atoms with E-state index < -0.39 is 27.1 Å². The van der Waals surface area contributed by atoms with E-state index >= 15 is 0 Å². The van der Waals surface area contributed by atoms with Crippen LogP contribution in [0.5, 0.6) is 0 Å². The fourth-order valence-electron chi connectivity index (χ4n) is 4.97. The number of piperidine rings is 1. The lowest BCUT2D eigenvalue weighted by molar-refractivity contribution is 0.0679. The molecule has 11 heteroatoms. The fourth-order valence-corrected chi connectivity index (χ4v) is 7.62. The summed E-state index contributed by atoms with van der Waals surface area (Å²) in [6.45, 7) is 11.9. The normalized spacial score (nSPS) is 15.3. The number of aliphatic hydroxyl groups is 1. The Labute approximate surface area is 246 Å². The number of benzene rings is 2. The predicted octanol–water partition coefficient (Wildman–Crippen LogP) is 4.80. The molecule has 2 aromatic carbocycles. The van der Waals surface area contributed by atoms with E-state index in [1.54, 1.807) is 63.8 Å². The van der Waals surface area contributed by atoms with Crippen LogP contribution in [0.25, 0.3) is 21.2 Å². The second-order valence-corrected chi connectivity index (χ2v) is 15.0. The largest absolute Gasteiger partial charge is 0.389 e. The zero-order valence-corrected chi connectivity index (χ0v) is 26.2. The molecule has 0 bridgehead atoms. The molecule has 0 spiro atoms. The summed E-state index contributed by atoms with van der Waals surface area (Å²) in [5.41, 5.74) is -0.989. The van der Waals surface area contributed by atoms with Crippen LogP contribution in [0, 0.1) is 5.92 Å². The Morgan fingerprint density at radius 3 is 2.27 bits per heavy atom. The van der Waals surface area contributed by atoms with Gasteiger partial charge < -0.3 is 15.3 Å². The molecule has 1 aliphatic rings. The highest BCUT2D eigenvalue weighted by Crippen LogP contribution is 2.39. The van der Waals surface area contributed by atoms with Crippen molar-refractivity contribution < 1.29 is 23.1 Å². The highest BCUT2D eigenvalue weighted by molar-refractivity contribution is 7.89. The maximum absolute atomic E-state index is 13.9. The van der Waals surface area contributed by atoms with E-state index in [2.05, 4.69) is 21.9 Å². The van der Waals surface area contributed by atoms with E-state index in [1.807, 2.05) is 12.1 Å². The molecule has 0 unspecified atom stereocenters. The minimum Gasteiger partial charge on any atom is -0.389 e. The van der Waals surface area contributed by atoms with Gasteiger partial charge in [-0.25, -0.2) is 18.1 Å². The summed E-state index contributed by atoms with van der Waals surface area (Å²) in [5.74, 6) is -0.153. The first-order valence-electron chi connectivity index (χ1n) is 14.0. The monoisotopic (exact) mass is 600 g/mol. The summed E-state index contributed by atoms with van der Waals surface area (Å²) < 4.78 is 29.4. The van der Waals surface area contributed by atoms with Crippen molar-refractivity contribution >= 4 is 43.9 Å². The number of amides is 2. The summed E-state index contributed by atoms with van der Waals surface area (Å²) in [4.78, 5) is 33.9. The molecular weight excluding hydrogens is 560 g/mol. The summed E-state index contributed by atoms with van der Waals surface area (Å²) in [6.07, 6.45) is 2.90. The van der Waals surface area contributed by atoms with Crippen molar-refractivity contribution in [2.24, 2.45) is 5.92 Å². The molecule has 0 aliphatic carbocycles. The van der Waals surface area contributed by atoms with Crippen molar-refractivity contribution in [3.8, 4) is 10.4 Å². The number of sulfonamides is 1. The number of fused-ring (bicyclic) bond motifs is 1. The average Bonchev–Trinajstić information content (AvgIpc) is 3.34. The number of aromatic nitrogens is 1. The van der Waals surface area contributed by atoms with Crippen LogP contribution in [0.4, 0.5) is 0 Å². The number of nitrogens with zero attached hydrogens (tertiary/aromatic N) is 2. The number of likely N-dealkylation sites (tertiary alicyclic amines) is 1. The quantitative estimate of drug-likeness (QED) is 0.341. The molecule has 3 aromatic rings. The highest BCUT2D eigenvalue weighted by Gasteiger charge is 2.31. The number of carbonyl (C=O) groups is 2. The number of rotatable bonds is 8. The maximum Gasteiger partial charge on any atom is 0.280 e. The molecule has 2 amide bonds. The van der Waals surface area contributed by atoms with E-state index in [4.69, 9.17) is 0 Å². The van der Waals surface area contributed by atoms with Gasteiger partial charge >= 0.3 is 0 Å². The van der Waals surface area contributed by atoms with Gasteiger partial charge in [-0.3, -0.25) is 9.59 Å². The topological polar surface area (TPSA) is 129 Å². The Bertz CT molecular complexity index is 1540. The second-order valence-electron chi connectivity index (χ2n) is 12.3. The van der Waals surface area contributed by atoms with Crippen LogP contribution >= 0.6 is 11.3 Å². The highest BCUT2D eigenvalue weighted by atomic mass is 32.2. The first kappa shape index (κ1) is 31.1. The summed E-state index contributed by atoms with van der Waals surface area (Å²) in [6, 6.07) is 10.4. The van der Waals surface area contributed by atoms with Crippen LogP contribution in [0.1, 0.15) is 81.1 Å². The van der Waals surface area contributed by atoms with Gasteiger partial charge in [0.25, 0.3) is 11.8 Å². The standard InChI is InChI=1S/C30H40N4O5S2/c1-7-19-14-16-34(17-15-19)28(36)24-25(40-27(32-24)26(35)31-18-30(5,6)37)22-12-13-23(21-11-9-8-10-20(21)22)41(38,39)33-29(2,3)4/h8-13,19,33,37H,7,14-18H2,1-6H3,(H,31,35). The van der Waals surface area contributed by atoms with Gasteiger partial charge in [-0.15, -0.1) is 11.3 Å². The fraction of sp³-hybridized carbons (Fsp3) is 0.500. The van der Waals surface area contributed by atoms with Crippen LogP contribution in [0.2, 0.25) is 0 Å². The molecule has 3 N–H and O–H groups in total. The Morgan fingerprint density at radius 2 is 1.68 bits per heavy atom. The van der Waals surface area contributed by atoms with Gasteiger partial charge in [0.05, 0.1) is 15.4 Å². The van der Waals surface area contributed by atoms with E-state index in [0.29, 0.717) is 40.2 Å². The summed E-state index contributed by atoms with van der Waals surface area (Å²) in [7, 11) is -3.85. The number of nitrogens with one attached hydrogen (secondary N) is 2. The molecule has 1 aromatic heterocycles. The van der Waals surface area contributed by atoms with Crippen LogP contribution in [-0.4, -0.2) is 66.0 Å². The molecule has 222 valence electrons. The number of hydrogen-bond acceptors (Lipinski definition) is 7. The third-order valence-corrected chi connectivity index (χ3v) is 9.95. The molecule has 2 heterocycles. The molecule has 1 fully saturated rings. The Kier molecular flexibility index (Phi) is 8.94. The Morgan fingerprint density at radius 1 is 1.05 bits per heavy atom. The van der Waals surface area contributed by atoms with Crippen molar-refractivity contribution in [2.75, 3.05) is 19.6 Å². The SMILES string of the molecule is CCC1CCN(C(=O)c2nc(C(=O)NCC(C)(C)O)sc2-c2ccc(S(=O)(=O)NC(C)(C)C)c3ccccc23)CC1. The van der Waals surface area contributed by atoms with Gasteiger partial charge in [0, 0.05) is 36.1 Å². The molecule has 0 saturated carbocycles. The van der Waals surface area contributed by atoms with E-state index in [9.17, 15) is 23.1 Å². The molecule has 4 rings (SSSR count). The molecule has 0 radical (unpaired) electrons. The maximum atomic E-state index is 13.9. The van der Waals surface area contributed by atoms with Crippen LogP contribution in [0.3, 0.4) is 0 Å².